The summed E-state index contributed by atoms with van der Waals surface area (Å²) in [4.78, 5) is 11.6. The molecule has 7 heteroatoms. The molecular weight excluding hydrogens is 278 g/mol. The van der Waals surface area contributed by atoms with Crippen molar-refractivity contribution in [3.05, 3.63) is 0 Å². The van der Waals surface area contributed by atoms with Crippen molar-refractivity contribution < 1.29 is 18.3 Å². The number of hydrogen-bond donors (Lipinski definition) is 2. The van der Waals surface area contributed by atoms with Crippen LogP contribution in [0.25, 0.3) is 0 Å². The maximum absolute atomic E-state index is 12.9. The first-order chi connectivity index (χ1) is 8.57. The third kappa shape index (κ3) is 5.20. The van der Waals surface area contributed by atoms with Crippen molar-refractivity contribution >= 4 is 18.3 Å². The number of nitrogens with one attached hydrogen (secondary N) is 2. The number of rotatable bonds is 5. The third-order valence-electron chi connectivity index (χ3n) is 3.48. The maximum atomic E-state index is 12.9. The number of carbonyl (C=O) groups excluding carboxylic acids is 1. The molecule has 2 fully saturated rings. The molecule has 1 aliphatic heterocycles. The lowest BCUT2D eigenvalue weighted by atomic mass is 10.2. The Morgan fingerprint density at radius 1 is 1.37 bits per heavy atom. The van der Waals surface area contributed by atoms with Gasteiger partial charge in [0.25, 0.3) is 5.92 Å². The van der Waals surface area contributed by atoms with E-state index in [0.29, 0.717) is 19.3 Å². The Labute approximate surface area is 118 Å². The fourth-order valence-corrected chi connectivity index (χ4v) is 2.48. The van der Waals surface area contributed by atoms with Gasteiger partial charge in [0, 0.05) is 13.0 Å². The third-order valence-corrected chi connectivity index (χ3v) is 3.48. The van der Waals surface area contributed by atoms with Crippen molar-refractivity contribution in [1.29, 1.82) is 0 Å². The minimum atomic E-state index is -2.76. The first-order valence-corrected chi connectivity index (χ1v) is 6.57. The van der Waals surface area contributed by atoms with Crippen LogP contribution in [0.15, 0.2) is 0 Å². The van der Waals surface area contributed by atoms with E-state index in [4.69, 9.17) is 4.74 Å². The lowest BCUT2D eigenvalue weighted by Gasteiger charge is -2.13. The molecule has 1 unspecified atom stereocenters. The molecule has 0 aromatic carbocycles. The van der Waals surface area contributed by atoms with Gasteiger partial charge in [-0.05, 0) is 12.8 Å². The predicted octanol–water partition coefficient (Wildman–Crippen LogP) is 1.48. The minimum absolute atomic E-state index is 0. The van der Waals surface area contributed by atoms with E-state index in [1.165, 1.54) is 12.8 Å². The molecule has 0 bridgehead atoms. The second-order valence-corrected chi connectivity index (χ2v) is 5.06. The summed E-state index contributed by atoms with van der Waals surface area (Å²) in [7, 11) is 0. The first kappa shape index (κ1) is 16.6. The zero-order valence-electron chi connectivity index (χ0n) is 10.8. The van der Waals surface area contributed by atoms with Crippen LogP contribution in [0.2, 0.25) is 0 Å². The van der Waals surface area contributed by atoms with Gasteiger partial charge in [-0.1, -0.05) is 12.8 Å². The monoisotopic (exact) mass is 298 g/mol. The highest BCUT2D eigenvalue weighted by molar-refractivity contribution is 5.85. The first-order valence-electron chi connectivity index (χ1n) is 6.57. The summed E-state index contributed by atoms with van der Waals surface area (Å²) in [6, 6.07) is -0.772. The van der Waals surface area contributed by atoms with Crippen molar-refractivity contribution in [2.45, 2.75) is 50.2 Å². The van der Waals surface area contributed by atoms with Gasteiger partial charge in [-0.25, -0.2) is 8.78 Å². The molecule has 112 valence electrons. The number of ether oxygens (including phenoxy) is 1. The van der Waals surface area contributed by atoms with E-state index in [1.54, 1.807) is 0 Å². The SMILES string of the molecule is Cl.O=C(NCCOC1CCCC1)C1CC(F)(F)CN1. The largest absolute Gasteiger partial charge is 0.376 e. The van der Waals surface area contributed by atoms with Crippen molar-refractivity contribution in [2.75, 3.05) is 19.7 Å². The molecule has 2 N–H and O–H groups in total. The normalized spacial score (nSPS) is 26.1. The average Bonchev–Trinajstić information content (AvgIpc) is 2.93. The van der Waals surface area contributed by atoms with Gasteiger partial charge < -0.3 is 10.1 Å². The molecule has 0 spiro atoms. The lowest BCUT2D eigenvalue weighted by Crippen LogP contribution is -2.41. The second kappa shape index (κ2) is 7.36. The maximum Gasteiger partial charge on any atom is 0.262 e. The van der Waals surface area contributed by atoms with Crippen LogP contribution in [-0.2, 0) is 9.53 Å². The summed E-state index contributed by atoms with van der Waals surface area (Å²) in [5, 5.41) is 5.15. The van der Waals surface area contributed by atoms with E-state index >= 15 is 0 Å². The standard InChI is InChI=1S/C12H20F2N2O2.ClH/c13-12(14)7-10(16-8-12)11(17)15-5-6-18-9-3-1-2-4-9;/h9-10,16H,1-8H2,(H,15,17);1H. The average molecular weight is 299 g/mol. The highest BCUT2D eigenvalue weighted by atomic mass is 35.5. The van der Waals surface area contributed by atoms with Gasteiger partial charge in [0.1, 0.15) is 0 Å². The molecule has 1 heterocycles. The molecule has 1 saturated heterocycles. The summed E-state index contributed by atoms with van der Waals surface area (Å²) in [6.45, 7) is 0.433. The van der Waals surface area contributed by atoms with Crippen molar-refractivity contribution in [1.82, 2.24) is 10.6 Å². The second-order valence-electron chi connectivity index (χ2n) is 5.06. The Kier molecular flexibility index (Phi) is 6.42. The number of amides is 1. The zero-order valence-corrected chi connectivity index (χ0v) is 11.6. The van der Waals surface area contributed by atoms with Gasteiger partial charge in [-0.15, -0.1) is 12.4 Å². The highest BCUT2D eigenvalue weighted by Gasteiger charge is 2.42. The van der Waals surface area contributed by atoms with E-state index in [2.05, 4.69) is 10.6 Å². The van der Waals surface area contributed by atoms with Crippen LogP contribution in [0.3, 0.4) is 0 Å². The van der Waals surface area contributed by atoms with Gasteiger partial charge in [0.05, 0.1) is 25.3 Å². The van der Waals surface area contributed by atoms with E-state index in [1.807, 2.05) is 0 Å². The van der Waals surface area contributed by atoms with Crippen LogP contribution >= 0.6 is 12.4 Å². The molecule has 1 aliphatic carbocycles. The van der Waals surface area contributed by atoms with Crippen LogP contribution in [0, 0.1) is 0 Å². The molecule has 1 amide bonds. The molecule has 0 radical (unpaired) electrons. The number of hydrogen-bond acceptors (Lipinski definition) is 3. The van der Waals surface area contributed by atoms with Gasteiger partial charge in [-0.3, -0.25) is 10.1 Å². The minimum Gasteiger partial charge on any atom is -0.376 e. The van der Waals surface area contributed by atoms with Gasteiger partial charge >= 0.3 is 0 Å². The predicted molar refractivity (Wildman–Crippen MR) is 69.8 cm³/mol. The molecule has 1 atom stereocenters. The molecule has 19 heavy (non-hydrogen) atoms. The van der Waals surface area contributed by atoms with Crippen molar-refractivity contribution in [2.24, 2.45) is 0 Å². The zero-order chi connectivity index (χ0) is 13.0. The fourth-order valence-electron chi connectivity index (χ4n) is 2.48. The summed E-state index contributed by atoms with van der Waals surface area (Å²) in [6.07, 6.45) is 4.49. The summed E-state index contributed by atoms with van der Waals surface area (Å²) < 4.78 is 31.3. The molecule has 2 aliphatic rings. The number of carbonyl (C=O) groups is 1. The van der Waals surface area contributed by atoms with Gasteiger partial charge in [0.15, 0.2) is 0 Å². The Balaban J connectivity index is 0.00000180. The van der Waals surface area contributed by atoms with Crippen LogP contribution in [0.1, 0.15) is 32.1 Å². The van der Waals surface area contributed by atoms with Gasteiger partial charge in [-0.2, -0.15) is 0 Å². The summed E-state index contributed by atoms with van der Waals surface area (Å²) in [5.41, 5.74) is 0. The van der Waals surface area contributed by atoms with Crippen LogP contribution in [0.4, 0.5) is 8.78 Å². The molecule has 4 nitrogen and oxygen atoms in total. The van der Waals surface area contributed by atoms with Crippen LogP contribution in [-0.4, -0.2) is 43.7 Å². The Hall–Kier alpha value is -0.460. The number of alkyl halides is 2. The molecule has 0 aromatic rings. The van der Waals surface area contributed by atoms with E-state index in [0.717, 1.165) is 12.8 Å². The van der Waals surface area contributed by atoms with Crippen LogP contribution < -0.4 is 10.6 Å². The van der Waals surface area contributed by atoms with Crippen molar-refractivity contribution in [3.8, 4) is 0 Å². The highest BCUT2D eigenvalue weighted by Crippen LogP contribution is 2.25. The topological polar surface area (TPSA) is 50.4 Å². The summed E-state index contributed by atoms with van der Waals surface area (Å²) >= 11 is 0. The molecule has 1 saturated carbocycles. The van der Waals surface area contributed by atoms with Crippen molar-refractivity contribution in [3.63, 3.8) is 0 Å². The Morgan fingerprint density at radius 3 is 2.63 bits per heavy atom. The molecular formula is C12H21ClF2N2O2. The molecule has 2 rings (SSSR count). The van der Waals surface area contributed by atoms with E-state index in [-0.39, 0.29) is 18.3 Å². The van der Waals surface area contributed by atoms with Gasteiger partial charge in [0.2, 0.25) is 5.91 Å². The van der Waals surface area contributed by atoms with E-state index in [9.17, 15) is 13.6 Å². The van der Waals surface area contributed by atoms with E-state index < -0.39 is 24.9 Å². The summed E-state index contributed by atoms with van der Waals surface area (Å²) in [5.74, 6) is -3.12. The lowest BCUT2D eigenvalue weighted by molar-refractivity contribution is -0.123. The van der Waals surface area contributed by atoms with Crippen LogP contribution in [0.5, 0.6) is 0 Å². The fraction of sp³-hybridized carbons (Fsp3) is 0.917. The molecule has 0 aromatic heterocycles. The Bertz CT molecular complexity index is 299. The quantitative estimate of drug-likeness (QED) is 0.756. The smallest absolute Gasteiger partial charge is 0.262 e. The number of halogens is 3. The Morgan fingerprint density at radius 2 is 2.05 bits per heavy atom.